The molecule has 0 saturated carbocycles. The second-order valence-electron chi connectivity index (χ2n) is 3.41. The van der Waals surface area contributed by atoms with Crippen LogP contribution in [0.25, 0.3) is 0 Å². The Morgan fingerprint density at radius 2 is 2.00 bits per heavy atom. The van der Waals surface area contributed by atoms with E-state index in [4.69, 9.17) is 16.3 Å². The zero-order chi connectivity index (χ0) is 14.3. The van der Waals surface area contributed by atoms with Crippen LogP contribution >= 0.6 is 11.6 Å². The van der Waals surface area contributed by atoms with E-state index in [9.17, 15) is 9.18 Å². The predicted octanol–water partition coefficient (Wildman–Crippen LogP) is 3.77. The molecule has 1 aromatic carbocycles. The van der Waals surface area contributed by atoms with Crippen molar-refractivity contribution in [3.8, 4) is 5.75 Å². The highest BCUT2D eigenvalue weighted by Crippen LogP contribution is 2.21. The maximum Gasteiger partial charge on any atom is 0.181 e. The molecule has 19 heavy (non-hydrogen) atoms. The Bertz CT molecular complexity index is 584. The van der Waals surface area contributed by atoms with E-state index in [2.05, 4.69) is 4.98 Å². The molecule has 0 aliphatic carbocycles. The van der Waals surface area contributed by atoms with Crippen molar-refractivity contribution in [2.24, 2.45) is 0 Å². The minimum absolute atomic E-state index is 0.0919. The highest BCUT2D eigenvalue weighted by Gasteiger charge is 2.04. The molecule has 102 valence electrons. The van der Waals surface area contributed by atoms with Crippen LogP contribution in [0.3, 0.4) is 0 Å². The molecule has 0 aliphatic heterocycles. The van der Waals surface area contributed by atoms with E-state index in [1.54, 1.807) is 0 Å². The summed E-state index contributed by atoms with van der Waals surface area (Å²) in [5.74, 6) is -0.435. The lowest BCUT2D eigenvalue weighted by atomic mass is 10.3. The molecular weight excluding hydrogens is 269 g/mol. The van der Waals surface area contributed by atoms with Gasteiger partial charge in [-0.1, -0.05) is 25.4 Å². The van der Waals surface area contributed by atoms with Crippen LogP contribution in [0.2, 0.25) is 5.02 Å². The Hall–Kier alpha value is -1.81. The number of halogens is 2. The van der Waals surface area contributed by atoms with Gasteiger partial charge >= 0.3 is 0 Å². The molecule has 0 bridgehead atoms. The van der Waals surface area contributed by atoms with Crippen LogP contribution in [0.4, 0.5) is 4.39 Å². The number of hydrogen-bond donors (Lipinski definition) is 1. The third-order valence-electron chi connectivity index (χ3n) is 2.11. The maximum atomic E-state index is 13.4. The zero-order valence-corrected chi connectivity index (χ0v) is 11.5. The lowest BCUT2D eigenvalue weighted by molar-refractivity contribution is 0.286. The van der Waals surface area contributed by atoms with Gasteiger partial charge in [0.15, 0.2) is 17.0 Å². The van der Waals surface area contributed by atoms with Crippen LogP contribution in [0.5, 0.6) is 5.75 Å². The topological polar surface area (TPSA) is 42.1 Å². The number of ether oxygens (including phenoxy) is 1. The average molecular weight is 284 g/mol. The molecule has 5 heteroatoms. The van der Waals surface area contributed by atoms with Gasteiger partial charge in [0.05, 0.1) is 5.69 Å². The third-order valence-corrected chi connectivity index (χ3v) is 2.35. The molecule has 3 nitrogen and oxygen atoms in total. The summed E-state index contributed by atoms with van der Waals surface area (Å²) in [5.41, 5.74) is 0.450. The monoisotopic (exact) mass is 283 g/mol. The first-order chi connectivity index (χ1) is 9.15. The molecule has 0 unspecified atom stereocenters. The molecule has 0 saturated heterocycles. The van der Waals surface area contributed by atoms with Gasteiger partial charge in [-0.05, 0) is 18.2 Å². The molecule has 1 heterocycles. The van der Waals surface area contributed by atoms with Crippen molar-refractivity contribution in [3.05, 3.63) is 63.3 Å². The fourth-order valence-corrected chi connectivity index (χ4v) is 1.48. The highest BCUT2D eigenvalue weighted by molar-refractivity contribution is 6.30. The van der Waals surface area contributed by atoms with Gasteiger partial charge in [-0.15, -0.1) is 0 Å². The predicted molar refractivity (Wildman–Crippen MR) is 74.2 cm³/mol. The summed E-state index contributed by atoms with van der Waals surface area (Å²) < 4.78 is 18.6. The van der Waals surface area contributed by atoms with Crippen LogP contribution in [0.15, 0.2) is 41.3 Å². The minimum Gasteiger partial charge on any atom is -0.484 e. The van der Waals surface area contributed by atoms with Crippen LogP contribution in [-0.4, -0.2) is 4.98 Å². The van der Waals surface area contributed by atoms with E-state index in [-0.39, 0.29) is 17.8 Å². The van der Waals surface area contributed by atoms with Crippen LogP contribution in [0.1, 0.15) is 19.5 Å². The number of aromatic amines is 1. The van der Waals surface area contributed by atoms with Gasteiger partial charge in [-0.25, -0.2) is 4.39 Å². The van der Waals surface area contributed by atoms with Crippen LogP contribution in [-0.2, 0) is 6.61 Å². The summed E-state index contributed by atoms with van der Waals surface area (Å²) in [6.07, 6.45) is 1.51. The Morgan fingerprint density at radius 3 is 2.63 bits per heavy atom. The van der Waals surface area contributed by atoms with Crippen molar-refractivity contribution in [1.82, 2.24) is 4.98 Å². The molecule has 0 aliphatic rings. The largest absolute Gasteiger partial charge is 0.484 e. The van der Waals surface area contributed by atoms with Crippen molar-refractivity contribution in [1.29, 1.82) is 0 Å². The zero-order valence-electron chi connectivity index (χ0n) is 10.7. The molecule has 1 N–H and O–H groups in total. The Balaban J connectivity index is 0.000000861. The Morgan fingerprint density at radius 1 is 1.26 bits per heavy atom. The van der Waals surface area contributed by atoms with Gasteiger partial charge in [-0.2, -0.15) is 0 Å². The third kappa shape index (κ3) is 4.75. The molecule has 2 rings (SSSR count). The van der Waals surface area contributed by atoms with Crippen molar-refractivity contribution in [2.75, 3.05) is 0 Å². The molecule has 0 radical (unpaired) electrons. The normalized spacial score (nSPS) is 9.47. The number of H-pyrrole nitrogens is 1. The summed E-state index contributed by atoms with van der Waals surface area (Å²) in [7, 11) is 0. The van der Waals surface area contributed by atoms with E-state index in [0.29, 0.717) is 10.7 Å². The van der Waals surface area contributed by atoms with Crippen molar-refractivity contribution in [3.63, 3.8) is 0 Å². The lowest BCUT2D eigenvalue weighted by Gasteiger charge is -2.07. The number of nitrogens with one attached hydrogen (secondary N) is 1. The molecule has 2 aromatic rings. The van der Waals surface area contributed by atoms with E-state index >= 15 is 0 Å². The number of pyridine rings is 1. The molecule has 0 amide bonds. The Kier molecular flexibility index (Phi) is 6.09. The fraction of sp³-hybridized carbons (Fsp3) is 0.214. The van der Waals surface area contributed by atoms with Crippen LogP contribution < -0.4 is 10.2 Å². The van der Waals surface area contributed by atoms with Crippen LogP contribution in [0, 0.1) is 5.82 Å². The Labute approximate surface area is 116 Å². The standard InChI is InChI=1S/C12H9ClFNO2.C2H6/c13-8-1-2-12(11(14)5-8)17-7-9-6-10(16)3-4-15-9;1-2/h1-6H,7H2,(H,15,16);1-2H3. The summed E-state index contributed by atoms with van der Waals surface area (Å²) in [4.78, 5) is 13.9. The number of aromatic nitrogens is 1. The molecule has 0 atom stereocenters. The van der Waals surface area contributed by atoms with Crippen molar-refractivity contribution < 1.29 is 9.13 Å². The summed E-state index contributed by atoms with van der Waals surface area (Å²) in [6, 6.07) is 6.94. The van der Waals surface area contributed by atoms with E-state index < -0.39 is 5.82 Å². The summed E-state index contributed by atoms with van der Waals surface area (Å²) >= 11 is 5.61. The first kappa shape index (κ1) is 15.2. The van der Waals surface area contributed by atoms with Gasteiger partial charge in [0, 0.05) is 23.4 Å². The first-order valence-corrected chi connectivity index (χ1v) is 6.28. The van der Waals surface area contributed by atoms with E-state index in [1.807, 2.05) is 13.8 Å². The SMILES string of the molecule is CC.O=c1cc[nH]c(COc2ccc(Cl)cc2F)c1. The lowest BCUT2D eigenvalue weighted by Crippen LogP contribution is -2.05. The maximum absolute atomic E-state index is 13.4. The number of rotatable bonds is 3. The van der Waals surface area contributed by atoms with Crippen molar-refractivity contribution >= 4 is 11.6 Å². The van der Waals surface area contributed by atoms with Gasteiger partial charge in [0.1, 0.15) is 6.61 Å². The minimum atomic E-state index is -0.532. The summed E-state index contributed by atoms with van der Waals surface area (Å²) in [6.45, 7) is 4.09. The fourth-order valence-electron chi connectivity index (χ4n) is 1.32. The second kappa shape index (κ2) is 7.59. The molecule has 0 fully saturated rings. The quantitative estimate of drug-likeness (QED) is 0.931. The smallest absolute Gasteiger partial charge is 0.181 e. The summed E-state index contributed by atoms with van der Waals surface area (Å²) in [5, 5.41) is 0.308. The molecule has 1 aromatic heterocycles. The van der Waals surface area contributed by atoms with Gasteiger partial charge in [-0.3, -0.25) is 4.79 Å². The van der Waals surface area contributed by atoms with E-state index in [0.717, 1.165) is 0 Å². The second-order valence-corrected chi connectivity index (χ2v) is 3.85. The van der Waals surface area contributed by atoms with Gasteiger partial charge in [0.25, 0.3) is 0 Å². The molecular formula is C14H15ClFNO2. The van der Waals surface area contributed by atoms with Gasteiger partial charge < -0.3 is 9.72 Å². The first-order valence-electron chi connectivity index (χ1n) is 5.90. The van der Waals surface area contributed by atoms with Gasteiger partial charge in [0.2, 0.25) is 0 Å². The van der Waals surface area contributed by atoms with E-state index in [1.165, 1.54) is 36.5 Å². The highest BCUT2D eigenvalue weighted by atomic mass is 35.5. The average Bonchev–Trinajstić information content (AvgIpc) is 2.40. The number of hydrogen-bond acceptors (Lipinski definition) is 2. The number of benzene rings is 1. The van der Waals surface area contributed by atoms with Crippen molar-refractivity contribution in [2.45, 2.75) is 20.5 Å². The molecule has 0 spiro atoms.